The maximum Gasteiger partial charge on any atom is 0.335 e. The molecule has 188 valence electrons. The number of aromatic nitrogens is 1. The maximum absolute atomic E-state index is 11.3. The van der Waals surface area contributed by atoms with E-state index < -0.39 is 11.6 Å². The highest BCUT2D eigenvalue weighted by Crippen LogP contribution is 2.32. The van der Waals surface area contributed by atoms with Crippen molar-refractivity contribution in [3.05, 3.63) is 53.9 Å². The minimum Gasteiger partial charge on any atom is -0.479 e. The van der Waals surface area contributed by atoms with Gasteiger partial charge in [0.2, 0.25) is 5.89 Å². The van der Waals surface area contributed by atoms with E-state index in [1.54, 1.807) is 13.8 Å². The van der Waals surface area contributed by atoms with E-state index in [1.807, 2.05) is 12.1 Å². The molecule has 0 aliphatic heterocycles. The number of carboxylic acids is 1. The predicted octanol–water partition coefficient (Wildman–Crippen LogP) is 6.82. The Bertz CT molecular complexity index is 1150. The van der Waals surface area contributed by atoms with Crippen LogP contribution in [0, 0.1) is 11.8 Å². The van der Waals surface area contributed by atoms with E-state index >= 15 is 0 Å². The van der Waals surface area contributed by atoms with E-state index in [1.165, 1.54) is 5.39 Å². The number of hydrogen-bond acceptors (Lipinski definition) is 5. The Morgan fingerprint density at radius 3 is 2.54 bits per heavy atom. The van der Waals surface area contributed by atoms with Gasteiger partial charge in [-0.1, -0.05) is 50.6 Å². The molecule has 2 atom stereocenters. The van der Waals surface area contributed by atoms with Crippen molar-refractivity contribution in [2.45, 2.75) is 71.5 Å². The summed E-state index contributed by atoms with van der Waals surface area (Å²) in [6.45, 7) is 9.00. The topological polar surface area (TPSA) is 81.8 Å². The molecule has 0 saturated heterocycles. The van der Waals surface area contributed by atoms with E-state index in [-0.39, 0.29) is 5.92 Å². The Kier molecular flexibility index (Phi) is 7.92. The lowest BCUT2D eigenvalue weighted by Gasteiger charge is -2.31. The summed E-state index contributed by atoms with van der Waals surface area (Å²) in [6.07, 6.45) is 4.30. The van der Waals surface area contributed by atoms with Gasteiger partial charge in [-0.3, -0.25) is 0 Å². The lowest BCUT2D eigenvalue weighted by atomic mass is 9.82. The number of hydrogen-bond donors (Lipinski definition) is 1. The average Bonchev–Trinajstić information content (AvgIpc) is 3.27. The molecule has 0 unspecified atom stereocenters. The normalized spacial score (nSPS) is 18.9. The standard InChI is InChI=1S/C29H37NO5/c1-19(2)26-25(30-27(35-26)24-13-12-22-10-5-6-11-23(22)15-24)18-33-16-20-8-7-9-21(14-20)17-34-29(3,4)28(31)32/h5-6,10-13,15,19-21H,7-9,14,16-18H2,1-4H3,(H,31,32)/t20-,21+/m0/s1. The van der Waals surface area contributed by atoms with Gasteiger partial charge >= 0.3 is 5.97 Å². The monoisotopic (exact) mass is 479 g/mol. The number of carbonyl (C=O) groups is 1. The number of aliphatic carboxylic acids is 1. The number of fused-ring (bicyclic) bond motifs is 1. The molecule has 0 amide bonds. The lowest BCUT2D eigenvalue weighted by molar-refractivity contribution is -0.163. The van der Waals surface area contributed by atoms with Gasteiger partial charge in [0.15, 0.2) is 5.60 Å². The molecule has 6 nitrogen and oxygen atoms in total. The number of nitrogens with zero attached hydrogens (tertiary/aromatic N) is 1. The number of ether oxygens (including phenoxy) is 2. The first-order valence-corrected chi connectivity index (χ1v) is 12.7. The Labute approximate surface area is 207 Å². The quantitative estimate of drug-likeness (QED) is 0.343. The Morgan fingerprint density at radius 1 is 1.11 bits per heavy atom. The second-order valence-corrected chi connectivity index (χ2v) is 10.6. The van der Waals surface area contributed by atoms with E-state index in [0.29, 0.717) is 37.5 Å². The summed E-state index contributed by atoms with van der Waals surface area (Å²) in [5.41, 5.74) is 0.685. The minimum atomic E-state index is -1.15. The first kappa shape index (κ1) is 25.4. The summed E-state index contributed by atoms with van der Waals surface area (Å²) < 4.78 is 18.0. The molecule has 1 fully saturated rings. The van der Waals surface area contributed by atoms with Gasteiger partial charge in [-0.25, -0.2) is 9.78 Å². The SMILES string of the molecule is CC(C)c1oc(-c2ccc3ccccc3c2)nc1COC[C@H]1CCC[C@@H](COC(C)(C)C(=O)O)C1. The summed E-state index contributed by atoms with van der Waals surface area (Å²) in [5, 5.41) is 11.6. The molecule has 3 aromatic rings. The molecular formula is C29H37NO5. The van der Waals surface area contributed by atoms with Crippen LogP contribution in [0.3, 0.4) is 0 Å². The highest BCUT2D eigenvalue weighted by Gasteiger charge is 2.31. The summed E-state index contributed by atoms with van der Waals surface area (Å²) >= 11 is 0. The molecule has 1 aliphatic rings. The molecule has 1 heterocycles. The van der Waals surface area contributed by atoms with E-state index in [9.17, 15) is 9.90 Å². The fraction of sp³-hybridized carbons (Fsp3) is 0.517. The van der Waals surface area contributed by atoms with Crippen LogP contribution in [0.1, 0.15) is 70.8 Å². The fourth-order valence-electron chi connectivity index (χ4n) is 4.78. The summed E-state index contributed by atoms with van der Waals surface area (Å²) in [5.74, 6) is 1.61. The van der Waals surface area contributed by atoms with Gasteiger partial charge in [0, 0.05) is 18.1 Å². The highest BCUT2D eigenvalue weighted by atomic mass is 16.5. The largest absolute Gasteiger partial charge is 0.479 e. The van der Waals surface area contributed by atoms with Crippen molar-refractivity contribution in [2.24, 2.45) is 11.8 Å². The van der Waals surface area contributed by atoms with Gasteiger partial charge in [0.25, 0.3) is 0 Å². The molecule has 1 aromatic heterocycles. The third-order valence-electron chi connectivity index (χ3n) is 6.93. The van der Waals surface area contributed by atoms with Crippen LogP contribution in [0.2, 0.25) is 0 Å². The van der Waals surface area contributed by atoms with Crippen molar-refractivity contribution >= 4 is 16.7 Å². The van der Waals surface area contributed by atoms with Gasteiger partial charge in [0.1, 0.15) is 11.5 Å². The molecule has 1 saturated carbocycles. The van der Waals surface area contributed by atoms with Crippen molar-refractivity contribution in [3.8, 4) is 11.5 Å². The number of oxazole rings is 1. The Hall–Kier alpha value is -2.70. The second-order valence-electron chi connectivity index (χ2n) is 10.6. The van der Waals surface area contributed by atoms with Crippen molar-refractivity contribution in [2.75, 3.05) is 13.2 Å². The van der Waals surface area contributed by atoms with E-state index in [0.717, 1.165) is 48.1 Å². The van der Waals surface area contributed by atoms with Crippen LogP contribution in [0.25, 0.3) is 22.2 Å². The van der Waals surface area contributed by atoms with Crippen LogP contribution >= 0.6 is 0 Å². The van der Waals surface area contributed by atoms with Gasteiger partial charge in [-0.15, -0.1) is 0 Å². The van der Waals surface area contributed by atoms with Crippen LogP contribution in [0.5, 0.6) is 0 Å². The predicted molar refractivity (Wildman–Crippen MR) is 136 cm³/mol. The zero-order valence-corrected chi connectivity index (χ0v) is 21.3. The van der Waals surface area contributed by atoms with Crippen molar-refractivity contribution in [1.82, 2.24) is 4.98 Å². The third kappa shape index (κ3) is 6.30. The van der Waals surface area contributed by atoms with Gasteiger partial charge in [-0.2, -0.15) is 0 Å². The third-order valence-corrected chi connectivity index (χ3v) is 6.93. The highest BCUT2D eigenvalue weighted by molar-refractivity contribution is 5.86. The van der Waals surface area contributed by atoms with Gasteiger partial charge in [0.05, 0.1) is 13.2 Å². The lowest BCUT2D eigenvalue weighted by Crippen LogP contribution is -2.37. The van der Waals surface area contributed by atoms with Crippen LogP contribution in [0.4, 0.5) is 0 Å². The molecule has 1 N–H and O–H groups in total. The number of rotatable bonds is 10. The molecule has 35 heavy (non-hydrogen) atoms. The molecule has 0 radical (unpaired) electrons. The van der Waals surface area contributed by atoms with Gasteiger partial charge in [-0.05, 0) is 67.9 Å². The second kappa shape index (κ2) is 10.9. The molecule has 2 aromatic carbocycles. The van der Waals surface area contributed by atoms with Crippen LogP contribution in [-0.4, -0.2) is 34.9 Å². The van der Waals surface area contributed by atoms with Crippen LogP contribution in [-0.2, 0) is 20.9 Å². The smallest absolute Gasteiger partial charge is 0.335 e. The van der Waals surface area contributed by atoms with Crippen LogP contribution < -0.4 is 0 Å². The van der Waals surface area contributed by atoms with E-state index in [2.05, 4.69) is 44.2 Å². The molecule has 0 bridgehead atoms. The molecule has 4 rings (SSSR count). The zero-order valence-electron chi connectivity index (χ0n) is 21.3. The van der Waals surface area contributed by atoms with E-state index in [4.69, 9.17) is 18.9 Å². The molecule has 1 aliphatic carbocycles. The Balaban J connectivity index is 1.36. The van der Waals surface area contributed by atoms with Crippen molar-refractivity contribution in [3.63, 3.8) is 0 Å². The fourth-order valence-corrected chi connectivity index (χ4v) is 4.78. The summed E-state index contributed by atoms with van der Waals surface area (Å²) in [6, 6.07) is 14.5. The first-order chi connectivity index (χ1) is 16.7. The Morgan fingerprint density at radius 2 is 1.83 bits per heavy atom. The van der Waals surface area contributed by atoms with Crippen LogP contribution in [0.15, 0.2) is 46.9 Å². The number of benzene rings is 2. The minimum absolute atomic E-state index is 0.212. The summed E-state index contributed by atoms with van der Waals surface area (Å²) in [4.78, 5) is 16.1. The van der Waals surface area contributed by atoms with Crippen molar-refractivity contribution < 1.29 is 23.8 Å². The number of carboxylic acid groups (broad SMARTS) is 1. The molecule has 6 heteroatoms. The van der Waals surface area contributed by atoms with Crippen molar-refractivity contribution in [1.29, 1.82) is 0 Å². The zero-order chi connectivity index (χ0) is 25.0. The average molecular weight is 480 g/mol. The van der Waals surface area contributed by atoms with Gasteiger partial charge < -0.3 is 19.0 Å². The maximum atomic E-state index is 11.3. The molecule has 0 spiro atoms. The first-order valence-electron chi connectivity index (χ1n) is 12.7. The summed E-state index contributed by atoms with van der Waals surface area (Å²) in [7, 11) is 0. The molecular weight excluding hydrogens is 442 g/mol.